The highest BCUT2D eigenvalue weighted by Crippen LogP contribution is 2.47. The van der Waals surface area contributed by atoms with Crippen molar-refractivity contribution in [1.82, 2.24) is 21.3 Å². The molecule has 0 saturated heterocycles. The number of benzene rings is 6. The maximum atomic E-state index is 12.6. The minimum atomic E-state index is -1.01. The van der Waals surface area contributed by atoms with E-state index in [-0.39, 0.29) is 92.6 Å². The van der Waals surface area contributed by atoms with E-state index in [9.17, 15) is 57.5 Å². The monoisotopic (exact) mass is 1450 g/mol. The Morgan fingerprint density at radius 2 is 0.651 bits per heavy atom. The molecule has 24 heteroatoms. The molecule has 6 aromatic carbocycles. The zero-order valence-corrected chi connectivity index (χ0v) is 62.3. The van der Waals surface area contributed by atoms with Crippen molar-refractivity contribution in [3.8, 4) is 33.4 Å². The van der Waals surface area contributed by atoms with E-state index in [2.05, 4.69) is 98.8 Å². The Bertz CT molecular complexity index is 3840. The predicted molar refractivity (Wildman–Crippen MR) is 402 cm³/mol. The fourth-order valence-corrected chi connectivity index (χ4v) is 12.6. The maximum absolute atomic E-state index is 12.6. The molecule has 24 nitrogen and oxygen atoms in total. The van der Waals surface area contributed by atoms with E-state index in [0.29, 0.717) is 51.6 Å². The van der Waals surface area contributed by atoms with Crippen LogP contribution >= 0.6 is 0 Å². The third kappa shape index (κ3) is 24.4. The second kappa shape index (κ2) is 39.3. The topological polar surface area (TPSA) is 394 Å². The standard InChI is InChI=1S/C27H33N3O5.C26H32N2O4.C25H31N3O4.C4H6O3/c1-17(31)30-23(24(32)15-27(2,3)25(28)33)13-8-14-29-26(34)35-16-22-20-11-6-4-9-18(20)19-10-5-7-12-21(19)22;1-17(23(29)15-26(2,3)24(27)30)9-8-14-28-25(31)32-16-22-20-12-6-4-10-18(20)19-11-5-7-13-21(19)22;1-25(2,23(27)30)14-22(29)21(26)12-7-13-28-24(31)32-15-20-18-10-5-3-8-16(18)17-9-4-6-11-19(17)20;1-3(5)7-4(2)6/h4-7,9-12,22-23H,8,13-16H2,1-3H3,(H2,28,33)(H,29,34)(H,30,31);4-7,10-13,17,22H,8-9,14-16H2,1-3H3,(H2,27,30)(H,28,31);3-6,8-11,20-21H,7,12-15,26H2,1-2H3,(H2,27,30)(H,28,31);1-2H3/t23-;17-;21-;/m000./s1. The van der Waals surface area contributed by atoms with E-state index < -0.39 is 76.3 Å². The van der Waals surface area contributed by atoms with Gasteiger partial charge < -0.3 is 63.1 Å². The molecule has 3 atom stereocenters. The number of esters is 2. The van der Waals surface area contributed by atoms with Gasteiger partial charge in [0, 0.05) is 83.3 Å². The lowest BCUT2D eigenvalue weighted by Crippen LogP contribution is -2.44. The van der Waals surface area contributed by atoms with Crippen molar-refractivity contribution < 1.29 is 76.5 Å². The van der Waals surface area contributed by atoms with Gasteiger partial charge in [-0.2, -0.15) is 0 Å². The summed E-state index contributed by atoms with van der Waals surface area (Å²) in [7, 11) is 0. The van der Waals surface area contributed by atoms with Crippen molar-refractivity contribution in [3.63, 3.8) is 0 Å². The molecule has 7 amide bonds. The first-order chi connectivity index (χ1) is 50.1. The van der Waals surface area contributed by atoms with Crippen LogP contribution in [0.2, 0.25) is 0 Å². The van der Waals surface area contributed by atoms with E-state index in [4.69, 9.17) is 37.1 Å². The Morgan fingerprint density at radius 3 is 0.925 bits per heavy atom. The molecule has 0 heterocycles. The SMILES string of the molecule is CC(=O)N[C@@H](CCCNC(=O)OCC1c2ccccc2-c2ccccc21)C(=O)CC(C)(C)C(N)=O.CC(=O)OC(C)=O.CC(C)(CC(=O)[C@@H](N)CCCNC(=O)OCC1c2ccccc2-c2ccccc21)C(N)=O.C[C@@H](CCCNC(=O)OCC1c2ccccc2-c2ccccc21)C(=O)CC(C)(C)C(N)=O. The third-order valence-electron chi connectivity index (χ3n) is 18.9. The molecule has 0 spiro atoms. The second-order valence-corrected chi connectivity index (χ2v) is 28.7. The van der Waals surface area contributed by atoms with Crippen LogP contribution in [0.1, 0.15) is 178 Å². The fraction of sp³-hybridized carbons (Fsp3) is 0.415. The van der Waals surface area contributed by atoms with Crippen molar-refractivity contribution in [3.05, 3.63) is 179 Å². The summed E-state index contributed by atoms with van der Waals surface area (Å²) >= 11 is 0. The number of hydrogen-bond donors (Lipinski definition) is 8. The first kappa shape index (κ1) is 84.1. The van der Waals surface area contributed by atoms with E-state index in [1.54, 1.807) is 41.5 Å². The van der Waals surface area contributed by atoms with Crippen molar-refractivity contribution in [1.29, 1.82) is 0 Å². The summed E-state index contributed by atoms with van der Waals surface area (Å²) in [5, 5.41) is 10.8. The van der Waals surface area contributed by atoms with Crippen LogP contribution in [0.5, 0.6) is 0 Å². The number of ketones is 3. The molecule has 3 aliphatic carbocycles. The number of nitrogens with two attached hydrogens (primary N) is 4. The second-order valence-electron chi connectivity index (χ2n) is 28.7. The van der Waals surface area contributed by atoms with Crippen molar-refractivity contribution in [2.75, 3.05) is 39.5 Å². The number of Topliss-reactive ketones (excluding diaryl/α,β-unsaturated/α-hetero) is 3. The van der Waals surface area contributed by atoms with Crippen LogP contribution < -0.4 is 44.2 Å². The number of amides is 7. The molecule has 3 aliphatic rings. The summed E-state index contributed by atoms with van der Waals surface area (Å²) in [6.07, 6.45) is 1.51. The van der Waals surface area contributed by atoms with Crippen molar-refractivity contribution in [2.24, 2.45) is 45.1 Å². The number of ether oxygens (including phenoxy) is 4. The van der Waals surface area contributed by atoms with Crippen LogP contribution in [0.25, 0.3) is 33.4 Å². The maximum Gasteiger partial charge on any atom is 0.407 e. The molecule has 106 heavy (non-hydrogen) atoms. The number of carbonyl (C=O) groups is 12. The summed E-state index contributed by atoms with van der Waals surface area (Å²) in [5.74, 6) is -3.72. The summed E-state index contributed by atoms with van der Waals surface area (Å²) in [6, 6.07) is 47.5. The molecule has 0 saturated carbocycles. The third-order valence-corrected chi connectivity index (χ3v) is 18.9. The van der Waals surface area contributed by atoms with E-state index in [0.717, 1.165) is 33.4 Å². The predicted octanol–water partition coefficient (Wildman–Crippen LogP) is 10.9. The van der Waals surface area contributed by atoms with Crippen LogP contribution in [0, 0.1) is 22.2 Å². The molecule has 0 bridgehead atoms. The molecule has 0 aromatic heterocycles. The molecule has 0 unspecified atom stereocenters. The van der Waals surface area contributed by atoms with Crippen LogP contribution in [0.15, 0.2) is 146 Å². The summed E-state index contributed by atoms with van der Waals surface area (Å²) in [4.78, 5) is 139. The van der Waals surface area contributed by atoms with E-state index in [1.165, 1.54) is 54.2 Å². The van der Waals surface area contributed by atoms with Gasteiger partial charge in [0.15, 0.2) is 11.6 Å². The van der Waals surface area contributed by atoms with Gasteiger partial charge in [-0.1, -0.05) is 194 Å². The highest BCUT2D eigenvalue weighted by Gasteiger charge is 2.36. The number of rotatable bonds is 31. The minimum Gasteiger partial charge on any atom is -0.449 e. The van der Waals surface area contributed by atoms with Gasteiger partial charge in [0.25, 0.3) is 0 Å². The Kier molecular flexibility index (Phi) is 31.2. The molecule has 0 fully saturated rings. The molecule has 9 rings (SSSR count). The van der Waals surface area contributed by atoms with E-state index in [1.807, 2.05) is 79.7 Å². The smallest absolute Gasteiger partial charge is 0.407 e. The molecule has 566 valence electrons. The quantitative estimate of drug-likeness (QED) is 0.00867. The lowest BCUT2D eigenvalue weighted by atomic mass is 9.82. The highest BCUT2D eigenvalue weighted by atomic mass is 16.6. The summed E-state index contributed by atoms with van der Waals surface area (Å²) < 4.78 is 20.5. The Balaban J connectivity index is 0.000000238. The van der Waals surface area contributed by atoms with Crippen LogP contribution in [-0.4, -0.2) is 123 Å². The summed E-state index contributed by atoms with van der Waals surface area (Å²) in [5.41, 5.74) is 33.2. The number of alkyl carbamates (subject to hydrolysis) is 3. The molecule has 6 aromatic rings. The van der Waals surface area contributed by atoms with Crippen molar-refractivity contribution in [2.45, 2.75) is 157 Å². The van der Waals surface area contributed by atoms with Gasteiger partial charge >= 0.3 is 30.2 Å². The lowest BCUT2D eigenvalue weighted by Gasteiger charge is -2.23. The Hall–Kier alpha value is -10.9. The first-order valence-corrected chi connectivity index (χ1v) is 35.6. The largest absolute Gasteiger partial charge is 0.449 e. The minimum absolute atomic E-state index is 0.00328. The van der Waals surface area contributed by atoms with E-state index >= 15 is 0 Å². The van der Waals surface area contributed by atoms with Gasteiger partial charge in [0.1, 0.15) is 25.6 Å². The van der Waals surface area contributed by atoms with Gasteiger partial charge in [-0.15, -0.1) is 0 Å². The highest BCUT2D eigenvalue weighted by molar-refractivity contribution is 5.94. The molecular weight excluding hydrogens is 1350 g/mol. The number of primary amides is 3. The molecule has 0 radical (unpaired) electrons. The molecule has 12 N–H and O–H groups in total. The van der Waals surface area contributed by atoms with Crippen LogP contribution in [-0.2, 0) is 62.1 Å². The zero-order chi connectivity index (χ0) is 78.1. The number of fused-ring (bicyclic) bond motifs is 9. The Labute approximate surface area is 619 Å². The van der Waals surface area contributed by atoms with Crippen LogP contribution in [0.3, 0.4) is 0 Å². The van der Waals surface area contributed by atoms with Gasteiger partial charge in [-0.05, 0) is 105 Å². The normalized spacial score (nSPS) is 13.2. The number of nitrogens with one attached hydrogen (secondary N) is 4. The average Bonchev–Trinajstić information content (AvgIpc) is 1.63. The zero-order valence-electron chi connectivity index (χ0n) is 62.3. The Morgan fingerprint density at radius 1 is 0.387 bits per heavy atom. The summed E-state index contributed by atoms with van der Waals surface area (Å²) in [6.45, 7) is 17.1. The average molecular weight is 1460 g/mol. The van der Waals surface area contributed by atoms with Gasteiger partial charge in [-0.25, -0.2) is 14.4 Å². The van der Waals surface area contributed by atoms with Gasteiger partial charge in [0.2, 0.25) is 23.6 Å². The van der Waals surface area contributed by atoms with Gasteiger partial charge in [-0.3, -0.25) is 43.2 Å². The number of hydrogen-bond acceptors (Lipinski definition) is 17. The van der Waals surface area contributed by atoms with Gasteiger partial charge in [0.05, 0.1) is 28.3 Å². The van der Waals surface area contributed by atoms with Crippen LogP contribution in [0.4, 0.5) is 14.4 Å². The fourth-order valence-electron chi connectivity index (χ4n) is 12.6. The lowest BCUT2D eigenvalue weighted by molar-refractivity contribution is -0.156. The molecular formula is C82H102N8O16. The first-order valence-electron chi connectivity index (χ1n) is 35.6. The van der Waals surface area contributed by atoms with Crippen molar-refractivity contribution >= 4 is 71.2 Å². The molecule has 0 aliphatic heterocycles. The number of carbonyl (C=O) groups excluding carboxylic acids is 12.